The molecule has 0 aromatic carbocycles. The van der Waals surface area contributed by atoms with Gasteiger partial charge >= 0.3 is 12.0 Å². The number of carbonyl (C=O) groups is 4. The number of carbonyl (C=O) groups excluding carboxylic acids is 4. The van der Waals surface area contributed by atoms with Gasteiger partial charge in [-0.2, -0.15) is 0 Å². The van der Waals surface area contributed by atoms with Crippen LogP contribution < -0.4 is 10.6 Å². The van der Waals surface area contributed by atoms with Crippen LogP contribution >= 0.6 is 0 Å². The normalized spacial score (nSPS) is 13.5. The highest BCUT2D eigenvalue weighted by Gasteiger charge is 2.23. The van der Waals surface area contributed by atoms with E-state index in [4.69, 9.17) is 4.74 Å². The Morgan fingerprint density at radius 2 is 1.77 bits per heavy atom. The van der Waals surface area contributed by atoms with E-state index in [1.165, 1.54) is 0 Å². The van der Waals surface area contributed by atoms with E-state index < -0.39 is 17.8 Å². The summed E-state index contributed by atoms with van der Waals surface area (Å²) < 4.78 is 4.90. The minimum Gasteiger partial charge on any atom is -0.464 e. The van der Waals surface area contributed by atoms with Gasteiger partial charge in [-0.05, 0) is 6.42 Å². The number of nitrogens with one attached hydrogen (secondary N) is 2. The van der Waals surface area contributed by atoms with Gasteiger partial charge in [0.05, 0.1) is 13.0 Å². The zero-order valence-corrected chi connectivity index (χ0v) is 14.6. The summed E-state index contributed by atoms with van der Waals surface area (Å²) in [7, 11) is 1.12. The fraction of sp³-hybridized carbons (Fsp3) is 0.538. The van der Waals surface area contributed by atoms with Gasteiger partial charge in [-0.1, -0.05) is 6.04 Å². The Bertz CT molecular complexity index is 449. The highest BCUT2D eigenvalue weighted by molar-refractivity contribution is 6.13. The van der Waals surface area contributed by atoms with Crippen LogP contribution in [0.2, 0.25) is 6.04 Å². The van der Waals surface area contributed by atoms with E-state index in [1.807, 2.05) is 0 Å². The number of rotatable bonds is 9. The largest absolute Gasteiger partial charge is 0.464 e. The molecule has 22 heavy (non-hydrogen) atoms. The van der Waals surface area contributed by atoms with Crippen molar-refractivity contribution in [1.29, 1.82) is 0 Å². The van der Waals surface area contributed by atoms with Gasteiger partial charge in [0.2, 0.25) is 0 Å². The van der Waals surface area contributed by atoms with Crippen molar-refractivity contribution in [1.82, 2.24) is 15.5 Å². The fourth-order valence-corrected chi connectivity index (χ4v) is 2.05. The van der Waals surface area contributed by atoms with Gasteiger partial charge in [0, 0.05) is 35.5 Å². The second kappa shape index (κ2) is 9.72. The van der Waals surface area contributed by atoms with Crippen molar-refractivity contribution in [2.45, 2.75) is 18.9 Å². The van der Waals surface area contributed by atoms with E-state index in [9.17, 15) is 19.2 Å². The minimum atomic E-state index is -0.523. The molecule has 0 spiro atoms. The minimum absolute atomic E-state index is 0.00224. The topological polar surface area (TPSA) is 105 Å². The lowest BCUT2D eigenvalue weighted by molar-refractivity contribution is -0.144. The van der Waals surface area contributed by atoms with E-state index in [0.717, 1.165) is 39.8 Å². The molecule has 1 rings (SSSR count). The third kappa shape index (κ3) is 6.53. The fourth-order valence-electron chi connectivity index (χ4n) is 1.70. The summed E-state index contributed by atoms with van der Waals surface area (Å²) in [5.41, 5.74) is 0. The van der Waals surface area contributed by atoms with E-state index in [1.54, 1.807) is 0 Å². The molecule has 0 bridgehead atoms. The van der Waals surface area contributed by atoms with Crippen LogP contribution in [-0.2, 0) is 19.1 Å². The molecule has 9 heteroatoms. The average Bonchev–Trinajstić information content (AvgIpc) is 2.81. The molecule has 122 valence electrons. The van der Waals surface area contributed by atoms with Gasteiger partial charge in [0.25, 0.3) is 11.8 Å². The first kappa shape index (κ1) is 17.9. The van der Waals surface area contributed by atoms with Crippen molar-refractivity contribution in [3.05, 3.63) is 12.2 Å². The molecule has 0 aromatic heterocycles. The summed E-state index contributed by atoms with van der Waals surface area (Å²) in [4.78, 5) is 46.2. The SMILES string of the molecule is O=C(NCCC[SiH3])NCCOC(=O)CCN1C(=O)C=CC1=O. The molecule has 0 fully saturated rings. The van der Waals surface area contributed by atoms with Crippen molar-refractivity contribution >= 4 is 34.1 Å². The molecule has 0 saturated carbocycles. The Morgan fingerprint density at radius 1 is 1.14 bits per heavy atom. The van der Waals surface area contributed by atoms with Crippen molar-refractivity contribution in [3.63, 3.8) is 0 Å². The Kier molecular flexibility index (Phi) is 7.90. The van der Waals surface area contributed by atoms with E-state index in [0.29, 0.717) is 6.54 Å². The molecule has 1 aliphatic rings. The lowest BCUT2D eigenvalue weighted by Gasteiger charge is -2.13. The molecule has 0 unspecified atom stereocenters. The zero-order chi connectivity index (χ0) is 16.4. The van der Waals surface area contributed by atoms with Crippen molar-refractivity contribution in [3.8, 4) is 0 Å². The van der Waals surface area contributed by atoms with Gasteiger partial charge in [0.15, 0.2) is 0 Å². The Balaban J connectivity index is 2.05. The summed E-state index contributed by atoms with van der Waals surface area (Å²) in [5, 5.41) is 5.25. The van der Waals surface area contributed by atoms with Crippen molar-refractivity contribution in [2.75, 3.05) is 26.2 Å². The summed E-state index contributed by atoms with van der Waals surface area (Å²) in [6.07, 6.45) is 3.23. The smallest absolute Gasteiger partial charge is 0.314 e. The highest BCUT2D eigenvalue weighted by atomic mass is 28.1. The maximum atomic E-state index is 11.5. The predicted molar refractivity (Wildman–Crippen MR) is 82.2 cm³/mol. The molecular formula is C13H21N3O5Si. The number of hydrogen-bond donors (Lipinski definition) is 2. The second-order valence-electron chi connectivity index (χ2n) is 4.67. The summed E-state index contributed by atoms with van der Waals surface area (Å²) in [5.74, 6) is -1.37. The first-order valence-electron chi connectivity index (χ1n) is 7.25. The van der Waals surface area contributed by atoms with Crippen LogP contribution in [0.25, 0.3) is 0 Å². The Morgan fingerprint density at radius 3 is 2.41 bits per heavy atom. The number of amides is 4. The van der Waals surface area contributed by atoms with Crippen LogP contribution in [-0.4, -0.2) is 65.2 Å². The summed E-state index contributed by atoms with van der Waals surface area (Å²) in [6, 6.07) is 0.848. The van der Waals surface area contributed by atoms with Gasteiger partial charge in [0.1, 0.15) is 6.61 Å². The molecule has 0 aromatic rings. The monoisotopic (exact) mass is 327 g/mol. The van der Waals surface area contributed by atoms with Crippen LogP contribution in [0.15, 0.2) is 12.2 Å². The van der Waals surface area contributed by atoms with Crippen molar-refractivity contribution < 1.29 is 23.9 Å². The number of ether oxygens (including phenoxy) is 1. The molecule has 0 radical (unpaired) electrons. The van der Waals surface area contributed by atoms with Gasteiger partial charge in [-0.3, -0.25) is 19.3 Å². The number of hydrogen-bond acceptors (Lipinski definition) is 5. The van der Waals surface area contributed by atoms with Gasteiger partial charge in [-0.25, -0.2) is 4.79 Å². The molecule has 0 aliphatic carbocycles. The molecule has 2 N–H and O–H groups in total. The maximum absolute atomic E-state index is 11.5. The first-order chi connectivity index (χ1) is 10.5. The number of imide groups is 1. The van der Waals surface area contributed by atoms with E-state index in [-0.39, 0.29) is 32.1 Å². The lowest BCUT2D eigenvalue weighted by Crippen LogP contribution is -2.38. The zero-order valence-electron chi connectivity index (χ0n) is 12.6. The second-order valence-corrected chi connectivity index (χ2v) is 5.67. The van der Waals surface area contributed by atoms with E-state index in [2.05, 4.69) is 10.6 Å². The molecule has 0 saturated heterocycles. The number of esters is 1. The third-order valence-electron chi connectivity index (χ3n) is 2.91. The standard InChI is InChI=1S/C13H21N3O5Si/c17-10-2-3-11(18)16(10)7-4-12(19)21-8-6-15-13(20)14-5-1-9-22/h2-3H,1,4-9H2,22H3,(H2,14,15,20). The van der Waals surface area contributed by atoms with Crippen LogP contribution in [0.3, 0.4) is 0 Å². The number of nitrogens with zero attached hydrogens (tertiary/aromatic N) is 1. The van der Waals surface area contributed by atoms with Crippen LogP contribution in [0.1, 0.15) is 12.8 Å². The van der Waals surface area contributed by atoms with Crippen molar-refractivity contribution in [2.24, 2.45) is 0 Å². The summed E-state index contributed by atoms with van der Waals surface area (Å²) >= 11 is 0. The maximum Gasteiger partial charge on any atom is 0.314 e. The average molecular weight is 327 g/mol. The van der Waals surface area contributed by atoms with E-state index >= 15 is 0 Å². The first-order valence-corrected chi connectivity index (χ1v) is 8.67. The molecule has 0 atom stereocenters. The lowest BCUT2D eigenvalue weighted by atomic mass is 10.4. The van der Waals surface area contributed by atoms with Gasteiger partial charge in [-0.15, -0.1) is 0 Å². The quantitative estimate of drug-likeness (QED) is 0.228. The van der Waals surface area contributed by atoms with Crippen LogP contribution in [0, 0.1) is 0 Å². The molecule has 4 amide bonds. The Labute approximate surface area is 131 Å². The Hall–Kier alpha value is -2.16. The molecule has 8 nitrogen and oxygen atoms in total. The molecular weight excluding hydrogens is 306 g/mol. The molecule has 1 aliphatic heterocycles. The van der Waals surface area contributed by atoms with Crippen LogP contribution in [0.5, 0.6) is 0 Å². The van der Waals surface area contributed by atoms with Gasteiger partial charge < -0.3 is 15.4 Å². The predicted octanol–water partition coefficient (Wildman–Crippen LogP) is -1.68. The molecule has 1 heterocycles. The summed E-state index contributed by atoms with van der Waals surface area (Å²) in [6.45, 7) is 0.896. The number of urea groups is 1. The van der Waals surface area contributed by atoms with Crippen LogP contribution in [0.4, 0.5) is 4.79 Å². The third-order valence-corrected chi connectivity index (χ3v) is 3.61. The highest BCUT2D eigenvalue weighted by Crippen LogP contribution is 2.04.